The van der Waals surface area contributed by atoms with Crippen LogP contribution in [0.4, 0.5) is 16.2 Å². The summed E-state index contributed by atoms with van der Waals surface area (Å²) in [6.45, 7) is 2.53. The Hall–Kier alpha value is -1.71. The van der Waals surface area contributed by atoms with Crippen LogP contribution in [0.25, 0.3) is 0 Å². The second-order valence-electron chi connectivity index (χ2n) is 12.8. The monoisotopic (exact) mass is 495 g/mol. The maximum Gasteiger partial charge on any atom is 0.319 e. The molecular weight excluding hydrogens is 442 g/mol. The summed E-state index contributed by atoms with van der Waals surface area (Å²) >= 11 is 0. The molecule has 4 nitrogen and oxygen atoms in total. The van der Waals surface area contributed by atoms with Crippen LogP contribution in [0.1, 0.15) is 116 Å². The molecule has 202 valence electrons. The Morgan fingerprint density at radius 3 is 1.92 bits per heavy atom. The molecule has 0 spiro atoms. The van der Waals surface area contributed by atoms with E-state index in [9.17, 15) is 4.79 Å². The summed E-state index contributed by atoms with van der Waals surface area (Å²) in [4.78, 5) is 15.4. The third-order valence-electron chi connectivity index (χ3n) is 10.2. The molecule has 0 saturated heterocycles. The van der Waals surface area contributed by atoms with E-state index in [2.05, 4.69) is 34.6 Å². The largest absolute Gasteiger partial charge is 0.378 e. The first-order valence-electron chi connectivity index (χ1n) is 15.3. The van der Waals surface area contributed by atoms with Crippen molar-refractivity contribution in [3.63, 3.8) is 0 Å². The number of nitrogens with one attached hydrogen (secondary N) is 2. The van der Waals surface area contributed by atoms with Crippen molar-refractivity contribution in [3.8, 4) is 0 Å². The average Bonchev–Trinajstić information content (AvgIpc) is 2.80. The molecule has 3 fully saturated rings. The lowest BCUT2D eigenvalue weighted by Gasteiger charge is -2.51. The zero-order chi connectivity index (χ0) is 25.4. The Balaban J connectivity index is 1.47. The van der Waals surface area contributed by atoms with Crippen molar-refractivity contribution < 1.29 is 4.79 Å². The van der Waals surface area contributed by atoms with Gasteiger partial charge in [-0.2, -0.15) is 0 Å². The van der Waals surface area contributed by atoms with Crippen molar-refractivity contribution in [1.29, 1.82) is 0 Å². The third kappa shape index (κ3) is 7.19. The molecule has 3 aliphatic carbocycles. The van der Waals surface area contributed by atoms with Crippen molar-refractivity contribution in [2.24, 2.45) is 23.2 Å². The first-order chi connectivity index (χ1) is 17.5. The predicted molar refractivity (Wildman–Crippen MR) is 154 cm³/mol. The SMILES string of the molecule is CN(C)c1ccc(NC(=O)N[C@H]2C[C@@H](C3CCCCCCC3)CCC2(C)C2CCCCCCC2)cc1. The topological polar surface area (TPSA) is 44.4 Å². The van der Waals surface area contributed by atoms with Crippen LogP contribution in [0.3, 0.4) is 0 Å². The van der Waals surface area contributed by atoms with Gasteiger partial charge in [-0.25, -0.2) is 4.79 Å². The standard InChI is InChI=1S/C32H53N3O/c1-32(27-16-12-8-5-9-13-17-27)23-22-26(25-14-10-6-4-7-11-15-25)24-30(32)34-31(36)33-28-18-20-29(21-19-28)35(2)3/h18-21,25-27,30H,4-17,22-24H2,1-3H3,(H2,33,34,36)/t26-,30-,32?/m0/s1. The fourth-order valence-electron chi connectivity index (χ4n) is 7.74. The van der Waals surface area contributed by atoms with Crippen molar-refractivity contribution >= 4 is 17.4 Å². The lowest BCUT2D eigenvalue weighted by Crippen LogP contribution is -2.55. The molecule has 2 N–H and O–H groups in total. The molecule has 1 unspecified atom stereocenters. The predicted octanol–water partition coefficient (Wildman–Crippen LogP) is 8.77. The molecule has 3 aliphatic rings. The Morgan fingerprint density at radius 2 is 1.33 bits per heavy atom. The van der Waals surface area contributed by atoms with Crippen molar-refractivity contribution in [2.45, 2.75) is 122 Å². The van der Waals surface area contributed by atoms with Crippen LogP contribution in [0.15, 0.2) is 24.3 Å². The van der Waals surface area contributed by atoms with E-state index in [1.807, 2.05) is 26.2 Å². The van der Waals surface area contributed by atoms with Crippen LogP contribution in [0.2, 0.25) is 0 Å². The van der Waals surface area contributed by atoms with Gasteiger partial charge in [0.2, 0.25) is 0 Å². The van der Waals surface area contributed by atoms with Crippen LogP contribution < -0.4 is 15.5 Å². The molecule has 2 amide bonds. The van der Waals surface area contributed by atoms with E-state index in [1.54, 1.807) is 0 Å². The lowest BCUT2D eigenvalue weighted by atomic mass is 9.57. The van der Waals surface area contributed by atoms with Gasteiger partial charge in [0.1, 0.15) is 0 Å². The highest BCUT2D eigenvalue weighted by Gasteiger charge is 2.46. The summed E-state index contributed by atoms with van der Waals surface area (Å²) in [7, 11) is 4.09. The van der Waals surface area contributed by atoms with Crippen LogP contribution >= 0.6 is 0 Å². The second-order valence-corrected chi connectivity index (χ2v) is 12.8. The summed E-state index contributed by atoms with van der Waals surface area (Å²) in [6.07, 6.45) is 23.3. The van der Waals surface area contributed by atoms with E-state index in [1.165, 1.54) is 109 Å². The van der Waals surface area contributed by atoms with Gasteiger partial charge < -0.3 is 15.5 Å². The molecule has 0 bridgehead atoms. The first kappa shape index (κ1) is 27.3. The van der Waals surface area contributed by atoms with Gasteiger partial charge in [-0.3, -0.25) is 0 Å². The van der Waals surface area contributed by atoms with Gasteiger partial charge in [0.15, 0.2) is 0 Å². The van der Waals surface area contributed by atoms with Gasteiger partial charge in [0.05, 0.1) is 0 Å². The normalized spacial score (nSPS) is 29.3. The molecule has 3 atom stereocenters. The maximum atomic E-state index is 13.3. The molecule has 1 aromatic carbocycles. The lowest BCUT2D eigenvalue weighted by molar-refractivity contribution is 0.0205. The summed E-state index contributed by atoms with van der Waals surface area (Å²) in [5, 5.41) is 6.73. The molecule has 4 rings (SSSR count). The van der Waals surface area contributed by atoms with Gasteiger partial charge in [0, 0.05) is 31.5 Å². The number of carbonyl (C=O) groups is 1. The summed E-state index contributed by atoms with van der Waals surface area (Å²) in [5.41, 5.74) is 2.23. The fraction of sp³-hybridized carbons (Fsp3) is 0.781. The zero-order valence-electron chi connectivity index (χ0n) is 23.5. The van der Waals surface area contributed by atoms with Crippen molar-refractivity contribution in [2.75, 3.05) is 24.3 Å². The number of hydrogen-bond donors (Lipinski definition) is 2. The molecule has 0 radical (unpaired) electrons. The Kier molecular flexibility index (Phi) is 10.0. The summed E-state index contributed by atoms with van der Waals surface area (Å²) in [5.74, 6) is 2.37. The molecule has 1 aromatic rings. The molecule has 0 aliphatic heterocycles. The van der Waals surface area contributed by atoms with Crippen LogP contribution in [-0.4, -0.2) is 26.2 Å². The van der Waals surface area contributed by atoms with Gasteiger partial charge in [0.25, 0.3) is 0 Å². The highest BCUT2D eigenvalue weighted by atomic mass is 16.2. The van der Waals surface area contributed by atoms with E-state index >= 15 is 0 Å². The number of carbonyl (C=O) groups excluding carboxylic acids is 1. The molecule has 36 heavy (non-hydrogen) atoms. The van der Waals surface area contributed by atoms with Crippen molar-refractivity contribution in [3.05, 3.63) is 24.3 Å². The van der Waals surface area contributed by atoms with Crippen LogP contribution in [0, 0.1) is 23.2 Å². The van der Waals surface area contributed by atoms with Crippen molar-refractivity contribution in [1.82, 2.24) is 5.32 Å². The summed E-state index contributed by atoms with van der Waals surface area (Å²) in [6, 6.07) is 8.42. The van der Waals surface area contributed by atoms with Crippen LogP contribution in [0.5, 0.6) is 0 Å². The number of urea groups is 1. The molecular formula is C32H53N3O. The van der Waals surface area contributed by atoms with E-state index in [-0.39, 0.29) is 17.5 Å². The number of amides is 2. The smallest absolute Gasteiger partial charge is 0.319 e. The average molecular weight is 496 g/mol. The maximum absolute atomic E-state index is 13.3. The van der Waals surface area contributed by atoms with Gasteiger partial charge in [-0.05, 0) is 79.5 Å². The number of nitrogens with zero attached hydrogens (tertiary/aromatic N) is 1. The summed E-state index contributed by atoms with van der Waals surface area (Å²) < 4.78 is 0. The minimum absolute atomic E-state index is 0.0204. The highest BCUT2D eigenvalue weighted by Crippen LogP contribution is 2.51. The molecule has 0 heterocycles. The second kappa shape index (κ2) is 13.2. The molecule has 3 saturated carbocycles. The van der Waals surface area contributed by atoms with Gasteiger partial charge >= 0.3 is 6.03 Å². The quantitative estimate of drug-likeness (QED) is 0.429. The first-order valence-corrected chi connectivity index (χ1v) is 15.3. The minimum Gasteiger partial charge on any atom is -0.378 e. The fourth-order valence-corrected chi connectivity index (χ4v) is 7.74. The van der Waals surface area contributed by atoms with E-state index in [0.29, 0.717) is 0 Å². The van der Waals surface area contributed by atoms with Gasteiger partial charge in [-0.1, -0.05) is 84.0 Å². The Bertz CT molecular complexity index is 790. The number of benzene rings is 1. The zero-order valence-corrected chi connectivity index (χ0v) is 23.5. The molecule has 0 aromatic heterocycles. The Morgan fingerprint density at radius 1 is 0.778 bits per heavy atom. The minimum atomic E-state index is -0.0204. The van der Waals surface area contributed by atoms with Crippen LogP contribution in [-0.2, 0) is 0 Å². The highest BCUT2D eigenvalue weighted by molar-refractivity contribution is 5.89. The van der Waals surface area contributed by atoms with E-state index < -0.39 is 0 Å². The number of rotatable bonds is 5. The third-order valence-corrected chi connectivity index (χ3v) is 10.2. The number of anilines is 2. The molecule has 4 heteroatoms. The number of hydrogen-bond acceptors (Lipinski definition) is 2. The van der Waals surface area contributed by atoms with E-state index in [4.69, 9.17) is 0 Å². The Labute approximate surface area is 221 Å². The van der Waals surface area contributed by atoms with Gasteiger partial charge in [-0.15, -0.1) is 0 Å². The van der Waals surface area contributed by atoms with E-state index in [0.717, 1.165) is 29.1 Å².